The van der Waals surface area contributed by atoms with Crippen molar-refractivity contribution in [1.82, 2.24) is 15.6 Å². The van der Waals surface area contributed by atoms with E-state index in [0.717, 1.165) is 18.8 Å². The molecule has 1 aliphatic heterocycles. The molecule has 0 amide bonds. The highest BCUT2D eigenvalue weighted by Crippen LogP contribution is 2.08. The topological polar surface area (TPSA) is 37.0 Å². The Labute approximate surface area is 88.9 Å². The van der Waals surface area contributed by atoms with Gasteiger partial charge in [0.15, 0.2) is 0 Å². The molecule has 0 saturated carbocycles. The Balaban J connectivity index is 1.71. The Kier molecular flexibility index (Phi) is 3.50. The third-order valence-electron chi connectivity index (χ3n) is 2.72. The minimum Gasteiger partial charge on any atom is -0.313 e. The van der Waals surface area contributed by atoms with Crippen LogP contribution in [0.25, 0.3) is 0 Å². The fraction of sp³-hybridized carbons (Fsp3) is 0.700. The summed E-state index contributed by atoms with van der Waals surface area (Å²) in [5.74, 6) is 0. The van der Waals surface area contributed by atoms with Crippen LogP contribution in [-0.2, 0) is 6.54 Å². The zero-order valence-corrected chi connectivity index (χ0v) is 9.31. The molecule has 1 fully saturated rings. The maximum Gasteiger partial charge on any atom is 0.0795 e. The Morgan fingerprint density at radius 3 is 3.21 bits per heavy atom. The molecule has 1 aromatic rings. The van der Waals surface area contributed by atoms with E-state index >= 15 is 0 Å². The van der Waals surface area contributed by atoms with E-state index in [2.05, 4.69) is 27.9 Å². The van der Waals surface area contributed by atoms with Gasteiger partial charge in [-0.25, -0.2) is 4.98 Å². The molecule has 1 aromatic heterocycles. The lowest BCUT2D eigenvalue weighted by Crippen LogP contribution is -2.46. The molecule has 1 aliphatic rings. The van der Waals surface area contributed by atoms with E-state index < -0.39 is 0 Å². The van der Waals surface area contributed by atoms with Gasteiger partial charge in [-0.1, -0.05) is 0 Å². The van der Waals surface area contributed by atoms with E-state index in [1.54, 1.807) is 11.3 Å². The largest absolute Gasteiger partial charge is 0.313 e. The third kappa shape index (κ3) is 2.77. The highest BCUT2D eigenvalue weighted by Gasteiger charge is 2.16. The summed E-state index contributed by atoms with van der Waals surface area (Å²) in [6, 6.07) is 1.31. The van der Waals surface area contributed by atoms with Gasteiger partial charge in [-0.15, -0.1) is 11.3 Å². The summed E-state index contributed by atoms with van der Waals surface area (Å²) >= 11 is 1.66. The lowest BCUT2D eigenvalue weighted by Gasteiger charge is -2.28. The zero-order valence-electron chi connectivity index (χ0n) is 8.49. The maximum absolute atomic E-state index is 4.25. The normalized spacial score (nSPS) is 27.8. The number of aromatic nitrogens is 1. The van der Waals surface area contributed by atoms with Crippen molar-refractivity contribution in [2.45, 2.75) is 38.4 Å². The second kappa shape index (κ2) is 4.87. The van der Waals surface area contributed by atoms with E-state index in [1.165, 1.54) is 12.8 Å². The SMILES string of the molecule is CC1CCC(NCc2cscn2)CN1. The summed E-state index contributed by atoms with van der Waals surface area (Å²) in [7, 11) is 0. The molecule has 2 heterocycles. The van der Waals surface area contributed by atoms with Gasteiger partial charge in [0.1, 0.15) is 0 Å². The second-order valence-electron chi connectivity index (χ2n) is 3.94. The van der Waals surface area contributed by atoms with Crippen LogP contribution in [0.1, 0.15) is 25.5 Å². The summed E-state index contributed by atoms with van der Waals surface area (Å²) in [6.07, 6.45) is 2.55. The number of thiazole rings is 1. The van der Waals surface area contributed by atoms with E-state index in [9.17, 15) is 0 Å². The molecule has 4 heteroatoms. The Bertz CT molecular complexity index is 252. The minimum absolute atomic E-state index is 0.618. The molecule has 0 aliphatic carbocycles. The maximum atomic E-state index is 4.25. The van der Waals surface area contributed by atoms with E-state index in [-0.39, 0.29) is 0 Å². The van der Waals surface area contributed by atoms with E-state index in [0.29, 0.717) is 12.1 Å². The smallest absolute Gasteiger partial charge is 0.0795 e. The van der Waals surface area contributed by atoms with Gasteiger partial charge in [-0.3, -0.25) is 0 Å². The molecule has 0 aromatic carbocycles. The number of hydrogen-bond acceptors (Lipinski definition) is 4. The molecule has 0 radical (unpaired) electrons. The summed E-state index contributed by atoms with van der Waals surface area (Å²) in [6.45, 7) is 4.24. The van der Waals surface area contributed by atoms with Crippen molar-refractivity contribution in [3.8, 4) is 0 Å². The van der Waals surface area contributed by atoms with E-state index in [1.807, 2.05) is 5.51 Å². The number of nitrogens with zero attached hydrogens (tertiary/aromatic N) is 1. The first-order valence-electron chi connectivity index (χ1n) is 5.18. The molecule has 0 spiro atoms. The van der Waals surface area contributed by atoms with Crippen LogP contribution >= 0.6 is 11.3 Å². The first-order chi connectivity index (χ1) is 6.84. The first-order valence-corrected chi connectivity index (χ1v) is 6.12. The van der Waals surface area contributed by atoms with Gasteiger partial charge in [0.05, 0.1) is 11.2 Å². The summed E-state index contributed by atoms with van der Waals surface area (Å²) < 4.78 is 0. The highest BCUT2D eigenvalue weighted by atomic mass is 32.1. The highest BCUT2D eigenvalue weighted by molar-refractivity contribution is 7.07. The van der Waals surface area contributed by atoms with Crippen LogP contribution in [0.3, 0.4) is 0 Å². The van der Waals surface area contributed by atoms with Gasteiger partial charge in [0.25, 0.3) is 0 Å². The molecule has 2 unspecified atom stereocenters. The first kappa shape index (κ1) is 10.1. The standard InChI is InChI=1S/C10H17N3S/c1-8-2-3-9(4-11-8)12-5-10-6-14-7-13-10/h6-9,11-12H,2-5H2,1H3. The summed E-state index contributed by atoms with van der Waals surface area (Å²) in [5.41, 5.74) is 3.05. The Hall–Kier alpha value is -0.450. The van der Waals surface area contributed by atoms with Crippen molar-refractivity contribution in [2.24, 2.45) is 0 Å². The Morgan fingerprint density at radius 2 is 2.57 bits per heavy atom. The van der Waals surface area contributed by atoms with Crippen LogP contribution in [0, 0.1) is 0 Å². The number of hydrogen-bond donors (Lipinski definition) is 2. The molecule has 1 saturated heterocycles. The number of rotatable bonds is 3. The molecule has 78 valence electrons. The molecule has 2 atom stereocenters. The summed E-state index contributed by atoms with van der Waals surface area (Å²) in [4.78, 5) is 4.25. The molecular weight excluding hydrogens is 194 g/mol. The molecule has 14 heavy (non-hydrogen) atoms. The third-order valence-corrected chi connectivity index (χ3v) is 3.35. The van der Waals surface area contributed by atoms with E-state index in [4.69, 9.17) is 0 Å². The van der Waals surface area contributed by atoms with Crippen molar-refractivity contribution in [2.75, 3.05) is 6.54 Å². The van der Waals surface area contributed by atoms with Crippen molar-refractivity contribution in [3.63, 3.8) is 0 Å². The van der Waals surface area contributed by atoms with Crippen LogP contribution in [-0.4, -0.2) is 23.6 Å². The second-order valence-corrected chi connectivity index (χ2v) is 4.66. The van der Waals surface area contributed by atoms with Crippen molar-refractivity contribution >= 4 is 11.3 Å². The summed E-state index contributed by atoms with van der Waals surface area (Å²) in [5, 5.41) is 9.11. The average Bonchev–Trinajstić information content (AvgIpc) is 2.70. The predicted molar refractivity (Wildman–Crippen MR) is 59.4 cm³/mol. The van der Waals surface area contributed by atoms with Gasteiger partial charge in [0.2, 0.25) is 0 Å². The fourth-order valence-corrected chi connectivity index (χ4v) is 2.31. The van der Waals surface area contributed by atoms with Gasteiger partial charge < -0.3 is 10.6 Å². The lowest BCUT2D eigenvalue weighted by molar-refractivity contribution is 0.337. The van der Waals surface area contributed by atoms with Crippen LogP contribution < -0.4 is 10.6 Å². The van der Waals surface area contributed by atoms with Crippen LogP contribution in [0.5, 0.6) is 0 Å². The van der Waals surface area contributed by atoms with Gasteiger partial charge in [-0.2, -0.15) is 0 Å². The van der Waals surface area contributed by atoms with Crippen LogP contribution in [0.4, 0.5) is 0 Å². The van der Waals surface area contributed by atoms with Gasteiger partial charge >= 0.3 is 0 Å². The fourth-order valence-electron chi connectivity index (χ4n) is 1.75. The van der Waals surface area contributed by atoms with Crippen LogP contribution in [0.15, 0.2) is 10.9 Å². The quantitative estimate of drug-likeness (QED) is 0.793. The monoisotopic (exact) mass is 211 g/mol. The van der Waals surface area contributed by atoms with Crippen molar-refractivity contribution < 1.29 is 0 Å². The molecule has 0 bridgehead atoms. The molecular formula is C10H17N3S. The molecule has 2 N–H and O–H groups in total. The molecule has 3 nitrogen and oxygen atoms in total. The van der Waals surface area contributed by atoms with Gasteiger partial charge in [-0.05, 0) is 19.8 Å². The average molecular weight is 211 g/mol. The molecule has 2 rings (SSSR count). The zero-order chi connectivity index (χ0) is 9.80. The van der Waals surface area contributed by atoms with Crippen molar-refractivity contribution in [1.29, 1.82) is 0 Å². The number of nitrogens with one attached hydrogen (secondary N) is 2. The van der Waals surface area contributed by atoms with Crippen LogP contribution in [0.2, 0.25) is 0 Å². The van der Waals surface area contributed by atoms with Gasteiger partial charge in [0, 0.05) is 30.6 Å². The predicted octanol–water partition coefficient (Wildman–Crippen LogP) is 1.37. The Morgan fingerprint density at radius 1 is 1.64 bits per heavy atom. The number of piperidine rings is 1. The van der Waals surface area contributed by atoms with Crippen molar-refractivity contribution in [3.05, 3.63) is 16.6 Å². The lowest BCUT2D eigenvalue weighted by atomic mass is 10.0. The minimum atomic E-state index is 0.618.